The number of nitrogens with zero attached hydrogens (tertiary/aromatic N) is 1. The zero-order valence-corrected chi connectivity index (χ0v) is 11.0. The van der Waals surface area contributed by atoms with Gasteiger partial charge in [-0.1, -0.05) is 25.2 Å². The van der Waals surface area contributed by atoms with Crippen LogP contribution in [-0.2, 0) is 0 Å². The van der Waals surface area contributed by atoms with Crippen molar-refractivity contribution >= 4 is 28.7 Å². The molecule has 0 aliphatic carbocycles. The number of nitrogens with two attached hydrogens (primary N) is 1. The van der Waals surface area contributed by atoms with Gasteiger partial charge in [-0.25, -0.2) is 0 Å². The fourth-order valence-electron chi connectivity index (χ4n) is 1.29. The quantitative estimate of drug-likeness (QED) is 0.653. The average Bonchev–Trinajstić information content (AvgIpc) is 2.62. The first-order valence-corrected chi connectivity index (χ1v) is 5.82. The number of halogens is 1. The SMILES string of the molecule is CC(C)CC[C@@H](N)c1ccc([N+](=O)[O-])s1.Cl. The molecule has 0 saturated carbocycles. The average molecular weight is 265 g/mol. The van der Waals surface area contributed by atoms with E-state index in [0.717, 1.165) is 17.7 Å². The van der Waals surface area contributed by atoms with Gasteiger partial charge < -0.3 is 5.73 Å². The summed E-state index contributed by atoms with van der Waals surface area (Å²) in [4.78, 5) is 11.0. The maximum atomic E-state index is 10.5. The van der Waals surface area contributed by atoms with Crippen LogP contribution in [0.25, 0.3) is 0 Å². The Labute approximate surface area is 105 Å². The second-order valence-corrected chi connectivity index (χ2v) is 5.10. The number of rotatable bonds is 5. The van der Waals surface area contributed by atoms with E-state index in [1.54, 1.807) is 6.07 Å². The van der Waals surface area contributed by atoms with Crippen molar-refractivity contribution in [3.05, 3.63) is 27.1 Å². The molecule has 1 rings (SSSR count). The molecule has 1 heterocycles. The van der Waals surface area contributed by atoms with E-state index in [1.807, 2.05) is 0 Å². The summed E-state index contributed by atoms with van der Waals surface area (Å²) in [5.41, 5.74) is 5.94. The van der Waals surface area contributed by atoms with Crippen LogP contribution in [0.1, 0.15) is 37.6 Å². The van der Waals surface area contributed by atoms with Gasteiger partial charge in [-0.2, -0.15) is 0 Å². The molecule has 0 unspecified atom stereocenters. The summed E-state index contributed by atoms with van der Waals surface area (Å²) < 4.78 is 0. The van der Waals surface area contributed by atoms with Crippen molar-refractivity contribution in [2.24, 2.45) is 11.7 Å². The van der Waals surface area contributed by atoms with Crippen molar-refractivity contribution < 1.29 is 4.92 Å². The zero-order chi connectivity index (χ0) is 11.4. The van der Waals surface area contributed by atoms with Crippen molar-refractivity contribution in [3.8, 4) is 0 Å². The number of nitro groups is 1. The van der Waals surface area contributed by atoms with Crippen LogP contribution < -0.4 is 5.73 Å². The molecular weight excluding hydrogens is 248 g/mol. The molecule has 0 aliphatic heterocycles. The maximum absolute atomic E-state index is 10.5. The molecule has 0 saturated heterocycles. The van der Waals surface area contributed by atoms with E-state index in [4.69, 9.17) is 5.73 Å². The summed E-state index contributed by atoms with van der Waals surface area (Å²) in [7, 11) is 0. The second kappa shape index (κ2) is 6.83. The van der Waals surface area contributed by atoms with E-state index in [1.165, 1.54) is 17.4 Å². The Bertz CT molecular complexity index is 341. The van der Waals surface area contributed by atoms with Crippen molar-refractivity contribution in [1.29, 1.82) is 0 Å². The van der Waals surface area contributed by atoms with E-state index in [0.29, 0.717) is 5.92 Å². The molecule has 4 nitrogen and oxygen atoms in total. The van der Waals surface area contributed by atoms with Crippen LogP contribution in [0.2, 0.25) is 0 Å². The van der Waals surface area contributed by atoms with Gasteiger partial charge in [-0.3, -0.25) is 10.1 Å². The summed E-state index contributed by atoms with van der Waals surface area (Å²) >= 11 is 1.18. The fraction of sp³-hybridized carbons (Fsp3) is 0.600. The van der Waals surface area contributed by atoms with E-state index in [9.17, 15) is 10.1 Å². The van der Waals surface area contributed by atoms with Gasteiger partial charge in [0.25, 0.3) is 0 Å². The van der Waals surface area contributed by atoms with Gasteiger partial charge in [0.1, 0.15) is 0 Å². The van der Waals surface area contributed by atoms with Gasteiger partial charge in [0.05, 0.1) is 4.92 Å². The van der Waals surface area contributed by atoms with Crippen LogP contribution in [0.4, 0.5) is 5.00 Å². The zero-order valence-electron chi connectivity index (χ0n) is 9.38. The highest BCUT2D eigenvalue weighted by Crippen LogP contribution is 2.30. The van der Waals surface area contributed by atoms with Gasteiger partial charge in [-0.05, 0) is 24.8 Å². The van der Waals surface area contributed by atoms with Crippen LogP contribution in [0, 0.1) is 16.0 Å². The highest BCUT2D eigenvalue weighted by Gasteiger charge is 2.14. The molecule has 0 amide bonds. The van der Waals surface area contributed by atoms with Crippen molar-refractivity contribution in [3.63, 3.8) is 0 Å². The Kier molecular flexibility index (Phi) is 6.55. The third-order valence-electron chi connectivity index (χ3n) is 2.21. The lowest BCUT2D eigenvalue weighted by molar-refractivity contribution is -0.380. The summed E-state index contributed by atoms with van der Waals surface area (Å²) in [6.45, 7) is 4.28. The Morgan fingerprint density at radius 3 is 2.50 bits per heavy atom. The minimum absolute atomic E-state index is 0. The highest BCUT2D eigenvalue weighted by molar-refractivity contribution is 7.15. The molecule has 0 radical (unpaired) electrons. The molecule has 2 N–H and O–H groups in total. The van der Waals surface area contributed by atoms with Crippen LogP contribution in [-0.4, -0.2) is 4.92 Å². The lowest BCUT2D eigenvalue weighted by Crippen LogP contribution is -2.09. The molecule has 0 aliphatic rings. The molecule has 1 atom stereocenters. The number of hydrogen-bond acceptors (Lipinski definition) is 4. The molecular formula is C10H17ClN2O2S. The van der Waals surface area contributed by atoms with Crippen LogP contribution >= 0.6 is 23.7 Å². The summed E-state index contributed by atoms with van der Waals surface area (Å²) in [6, 6.07) is 3.22. The molecule has 0 aromatic carbocycles. The minimum Gasteiger partial charge on any atom is -0.323 e. The number of thiophene rings is 1. The van der Waals surface area contributed by atoms with Crippen molar-refractivity contribution in [2.75, 3.05) is 0 Å². The molecule has 16 heavy (non-hydrogen) atoms. The summed E-state index contributed by atoms with van der Waals surface area (Å²) in [5.74, 6) is 0.617. The van der Waals surface area contributed by atoms with E-state index < -0.39 is 0 Å². The first-order chi connectivity index (χ1) is 7.00. The normalized spacial score (nSPS) is 12.2. The molecule has 0 bridgehead atoms. The third-order valence-corrected chi connectivity index (χ3v) is 3.38. The molecule has 0 fully saturated rings. The molecule has 6 heteroatoms. The Morgan fingerprint density at radius 1 is 1.44 bits per heavy atom. The standard InChI is InChI=1S/C10H16N2O2S.ClH/c1-7(2)3-4-8(11)9-5-6-10(15-9)12(13)14;/h5-8H,3-4,11H2,1-2H3;1H/t8-;/m1./s1. The smallest absolute Gasteiger partial charge is 0.323 e. The maximum Gasteiger partial charge on any atom is 0.324 e. The van der Waals surface area contributed by atoms with E-state index in [-0.39, 0.29) is 28.4 Å². The Morgan fingerprint density at radius 2 is 2.06 bits per heavy atom. The van der Waals surface area contributed by atoms with Crippen molar-refractivity contribution in [1.82, 2.24) is 0 Å². The summed E-state index contributed by atoms with van der Waals surface area (Å²) in [5, 5.41) is 10.6. The first kappa shape index (κ1) is 15.3. The van der Waals surface area contributed by atoms with Gasteiger partial charge in [0.2, 0.25) is 0 Å². The fourth-order valence-corrected chi connectivity index (χ4v) is 2.15. The van der Waals surface area contributed by atoms with Gasteiger partial charge in [-0.15, -0.1) is 12.4 Å². The lowest BCUT2D eigenvalue weighted by atomic mass is 10.0. The topological polar surface area (TPSA) is 69.2 Å². The third kappa shape index (κ3) is 4.47. The van der Waals surface area contributed by atoms with E-state index >= 15 is 0 Å². The predicted molar refractivity (Wildman–Crippen MR) is 69.2 cm³/mol. The van der Waals surface area contributed by atoms with E-state index in [2.05, 4.69) is 13.8 Å². The van der Waals surface area contributed by atoms with Gasteiger partial charge in [0, 0.05) is 17.0 Å². The Balaban J connectivity index is 0.00000225. The largest absolute Gasteiger partial charge is 0.324 e. The molecule has 0 spiro atoms. The molecule has 1 aromatic rings. The minimum atomic E-state index is -0.372. The predicted octanol–water partition coefficient (Wildman–Crippen LogP) is 3.51. The Hall–Kier alpha value is -0.650. The monoisotopic (exact) mass is 264 g/mol. The molecule has 92 valence electrons. The van der Waals surface area contributed by atoms with Crippen LogP contribution in [0.3, 0.4) is 0 Å². The molecule has 1 aromatic heterocycles. The van der Waals surface area contributed by atoms with Gasteiger partial charge >= 0.3 is 5.00 Å². The number of hydrogen-bond donors (Lipinski definition) is 1. The lowest BCUT2D eigenvalue weighted by Gasteiger charge is -2.10. The first-order valence-electron chi connectivity index (χ1n) is 5.00. The highest BCUT2D eigenvalue weighted by atomic mass is 35.5. The van der Waals surface area contributed by atoms with Gasteiger partial charge in [0.15, 0.2) is 0 Å². The van der Waals surface area contributed by atoms with Crippen LogP contribution in [0.5, 0.6) is 0 Å². The second-order valence-electron chi connectivity index (χ2n) is 4.01. The summed E-state index contributed by atoms with van der Waals surface area (Å²) in [6.07, 6.45) is 1.93. The van der Waals surface area contributed by atoms with Crippen molar-refractivity contribution in [2.45, 2.75) is 32.7 Å². The van der Waals surface area contributed by atoms with Crippen LogP contribution in [0.15, 0.2) is 12.1 Å².